The zero-order chi connectivity index (χ0) is 9.84. The van der Waals surface area contributed by atoms with Crippen molar-refractivity contribution in [1.82, 2.24) is 0 Å². The summed E-state index contributed by atoms with van der Waals surface area (Å²) in [5, 5.41) is 9.43. The summed E-state index contributed by atoms with van der Waals surface area (Å²) in [7, 11) is 2.83. The van der Waals surface area contributed by atoms with Crippen LogP contribution in [0.1, 0.15) is 5.56 Å². The number of aromatic hydroxyl groups is 1. The third kappa shape index (κ3) is 1.56. The lowest BCUT2D eigenvalue weighted by Crippen LogP contribution is -1.93. The first-order valence-corrected chi connectivity index (χ1v) is 3.56. The molecule has 0 aliphatic carbocycles. The smallest absolute Gasteiger partial charge is 0.237 e. The van der Waals surface area contributed by atoms with Crippen LogP contribution < -0.4 is 9.47 Å². The maximum absolute atomic E-state index is 10.3. The van der Waals surface area contributed by atoms with Crippen LogP contribution in [0.5, 0.6) is 17.2 Å². The summed E-state index contributed by atoms with van der Waals surface area (Å²) in [5.41, 5.74) is 0.0534. The van der Waals surface area contributed by atoms with E-state index >= 15 is 0 Å². The molecule has 0 spiro atoms. The molecular formula is C9H9O4. The molecule has 0 aliphatic rings. The van der Waals surface area contributed by atoms with Gasteiger partial charge in [0.2, 0.25) is 12.0 Å². The summed E-state index contributed by atoms with van der Waals surface area (Å²) in [5.74, 6) is 0.263. The Bertz CT molecular complexity index is 320. The van der Waals surface area contributed by atoms with Crippen LogP contribution in [0.25, 0.3) is 0 Å². The lowest BCUT2D eigenvalue weighted by Gasteiger charge is -2.09. The number of ether oxygens (including phenoxy) is 2. The van der Waals surface area contributed by atoms with Gasteiger partial charge in [-0.3, -0.25) is 4.79 Å². The van der Waals surface area contributed by atoms with Gasteiger partial charge in [0.1, 0.15) is 0 Å². The number of hydrogen-bond acceptors (Lipinski definition) is 4. The van der Waals surface area contributed by atoms with Crippen LogP contribution >= 0.6 is 0 Å². The maximum atomic E-state index is 10.3. The molecule has 0 saturated carbocycles. The van der Waals surface area contributed by atoms with Gasteiger partial charge in [-0.15, -0.1) is 0 Å². The monoisotopic (exact) mass is 181 g/mol. The van der Waals surface area contributed by atoms with Gasteiger partial charge in [0.15, 0.2) is 11.5 Å². The van der Waals surface area contributed by atoms with E-state index in [1.54, 1.807) is 6.29 Å². The Morgan fingerprint density at radius 3 is 2.46 bits per heavy atom. The van der Waals surface area contributed by atoms with Crippen molar-refractivity contribution >= 4 is 6.29 Å². The molecule has 0 fully saturated rings. The molecule has 69 valence electrons. The van der Waals surface area contributed by atoms with Crippen LogP contribution in [0.15, 0.2) is 12.1 Å². The van der Waals surface area contributed by atoms with Crippen molar-refractivity contribution in [1.29, 1.82) is 0 Å². The Kier molecular flexibility index (Phi) is 2.74. The van der Waals surface area contributed by atoms with Gasteiger partial charge in [-0.25, -0.2) is 0 Å². The van der Waals surface area contributed by atoms with Gasteiger partial charge in [-0.05, 0) is 12.1 Å². The third-order valence-corrected chi connectivity index (χ3v) is 1.63. The van der Waals surface area contributed by atoms with Crippen molar-refractivity contribution in [3.05, 3.63) is 17.7 Å². The maximum Gasteiger partial charge on any atom is 0.237 e. The van der Waals surface area contributed by atoms with E-state index in [2.05, 4.69) is 0 Å². The molecule has 0 bridgehead atoms. The van der Waals surface area contributed by atoms with E-state index < -0.39 is 0 Å². The molecule has 1 aromatic carbocycles. The molecule has 0 amide bonds. The van der Waals surface area contributed by atoms with Crippen LogP contribution in [-0.2, 0) is 4.79 Å². The minimum atomic E-state index is -0.253. The molecule has 1 rings (SSSR count). The Labute approximate surface area is 75.7 Å². The van der Waals surface area contributed by atoms with Gasteiger partial charge in [0, 0.05) is 0 Å². The highest BCUT2D eigenvalue weighted by atomic mass is 16.5. The number of phenolic OH excluding ortho intramolecular Hbond substituents is 1. The summed E-state index contributed by atoms with van der Waals surface area (Å²) in [4.78, 5) is 10.3. The fraction of sp³-hybridized carbons (Fsp3) is 0.222. The second-order valence-corrected chi connectivity index (χ2v) is 2.30. The molecule has 0 aliphatic heterocycles. The summed E-state index contributed by atoms with van der Waals surface area (Å²) in [6.45, 7) is 0. The Hall–Kier alpha value is -1.71. The first-order valence-electron chi connectivity index (χ1n) is 3.56. The average molecular weight is 181 g/mol. The standard InChI is InChI=1S/C9H9O4/c1-12-7-4-3-6(5-10)8(11)9(7)13-2/h3-4,11H,1-2H3. The highest BCUT2D eigenvalue weighted by Gasteiger charge is 2.13. The first-order chi connectivity index (χ1) is 6.24. The Balaban J connectivity index is 3.31. The SMILES string of the molecule is COc1ccc([C]=O)c(O)c1OC. The van der Waals surface area contributed by atoms with E-state index in [4.69, 9.17) is 9.47 Å². The van der Waals surface area contributed by atoms with Crippen LogP contribution in [0, 0.1) is 0 Å². The van der Waals surface area contributed by atoms with Crippen molar-refractivity contribution < 1.29 is 19.4 Å². The first kappa shape index (κ1) is 9.38. The van der Waals surface area contributed by atoms with Crippen molar-refractivity contribution in [3.63, 3.8) is 0 Å². The number of carbonyl (C=O) groups excluding carboxylic acids is 1. The minimum Gasteiger partial charge on any atom is -0.504 e. The molecule has 0 atom stereocenters. The van der Waals surface area contributed by atoms with Gasteiger partial charge in [-0.2, -0.15) is 0 Å². The average Bonchev–Trinajstić information content (AvgIpc) is 2.17. The van der Waals surface area contributed by atoms with E-state index in [0.29, 0.717) is 5.75 Å². The number of rotatable bonds is 3. The number of phenols is 1. The topological polar surface area (TPSA) is 55.8 Å². The lowest BCUT2D eigenvalue weighted by atomic mass is 10.2. The van der Waals surface area contributed by atoms with Gasteiger partial charge in [0.25, 0.3) is 0 Å². The molecule has 4 nitrogen and oxygen atoms in total. The van der Waals surface area contributed by atoms with Crippen molar-refractivity contribution in [2.45, 2.75) is 0 Å². The fourth-order valence-corrected chi connectivity index (χ4v) is 0.993. The Morgan fingerprint density at radius 2 is 2.00 bits per heavy atom. The van der Waals surface area contributed by atoms with Crippen molar-refractivity contribution in [3.8, 4) is 17.2 Å². The summed E-state index contributed by atoms with van der Waals surface area (Å²) < 4.78 is 9.76. The normalized spacial score (nSPS) is 9.38. The summed E-state index contributed by atoms with van der Waals surface area (Å²) in [6, 6.07) is 2.93. The number of hydrogen-bond donors (Lipinski definition) is 1. The second kappa shape index (κ2) is 3.80. The van der Waals surface area contributed by atoms with E-state index in [1.165, 1.54) is 26.4 Å². The largest absolute Gasteiger partial charge is 0.504 e. The molecule has 1 radical (unpaired) electrons. The molecule has 0 saturated heterocycles. The van der Waals surface area contributed by atoms with Crippen LogP contribution in [0.2, 0.25) is 0 Å². The highest BCUT2D eigenvalue weighted by Crippen LogP contribution is 2.37. The van der Waals surface area contributed by atoms with E-state index in [9.17, 15) is 9.90 Å². The zero-order valence-electron chi connectivity index (χ0n) is 7.33. The van der Waals surface area contributed by atoms with E-state index in [-0.39, 0.29) is 17.1 Å². The molecule has 0 unspecified atom stereocenters. The van der Waals surface area contributed by atoms with Crippen molar-refractivity contribution in [2.24, 2.45) is 0 Å². The van der Waals surface area contributed by atoms with Gasteiger partial charge in [-0.1, -0.05) is 0 Å². The minimum absolute atomic E-state index is 0.0534. The summed E-state index contributed by atoms with van der Waals surface area (Å²) in [6.07, 6.45) is 1.59. The number of methoxy groups -OCH3 is 2. The quantitative estimate of drug-likeness (QED) is 0.751. The van der Waals surface area contributed by atoms with Gasteiger partial charge in [0.05, 0.1) is 19.8 Å². The molecule has 13 heavy (non-hydrogen) atoms. The van der Waals surface area contributed by atoms with Crippen molar-refractivity contribution in [2.75, 3.05) is 14.2 Å². The third-order valence-electron chi connectivity index (χ3n) is 1.63. The molecule has 4 heteroatoms. The molecular weight excluding hydrogens is 172 g/mol. The van der Waals surface area contributed by atoms with E-state index in [0.717, 1.165) is 0 Å². The van der Waals surface area contributed by atoms with Gasteiger partial charge >= 0.3 is 0 Å². The van der Waals surface area contributed by atoms with Crippen LogP contribution in [-0.4, -0.2) is 25.6 Å². The zero-order valence-corrected chi connectivity index (χ0v) is 7.33. The Morgan fingerprint density at radius 1 is 1.31 bits per heavy atom. The molecule has 0 heterocycles. The second-order valence-electron chi connectivity index (χ2n) is 2.30. The lowest BCUT2D eigenvalue weighted by molar-refractivity contribution is 0.332. The fourth-order valence-electron chi connectivity index (χ4n) is 0.993. The van der Waals surface area contributed by atoms with Crippen LogP contribution in [0.4, 0.5) is 0 Å². The predicted molar refractivity (Wildman–Crippen MR) is 46.0 cm³/mol. The van der Waals surface area contributed by atoms with E-state index in [1.807, 2.05) is 0 Å². The number of benzene rings is 1. The molecule has 1 N–H and O–H groups in total. The molecule has 1 aromatic rings. The van der Waals surface area contributed by atoms with Crippen LogP contribution in [0.3, 0.4) is 0 Å². The predicted octanol–water partition coefficient (Wildman–Crippen LogP) is 0.867. The highest BCUT2D eigenvalue weighted by molar-refractivity contribution is 5.82. The molecule has 0 aromatic heterocycles. The van der Waals surface area contributed by atoms with Gasteiger partial charge < -0.3 is 14.6 Å². The summed E-state index contributed by atoms with van der Waals surface area (Å²) >= 11 is 0.